The van der Waals surface area contributed by atoms with E-state index in [-0.39, 0.29) is 17.6 Å². The third-order valence-electron chi connectivity index (χ3n) is 4.48. The van der Waals surface area contributed by atoms with Crippen LogP contribution in [0.4, 0.5) is 5.69 Å². The van der Waals surface area contributed by atoms with E-state index < -0.39 is 4.92 Å². The van der Waals surface area contributed by atoms with Crippen LogP contribution in [0.25, 0.3) is 0 Å². The van der Waals surface area contributed by atoms with Gasteiger partial charge in [-0.2, -0.15) is 0 Å². The Morgan fingerprint density at radius 1 is 1.23 bits per heavy atom. The molecule has 1 amide bonds. The van der Waals surface area contributed by atoms with Crippen LogP contribution in [0.1, 0.15) is 24.4 Å². The van der Waals surface area contributed by atoms with Gasteiger partial charge in [-0.15, -0.1) is 11.8 Å². The van der Waals surface area contributed by atoms with Crippen molar-refractivity contribution in [2.45, 2.75) is 23.8 Å². The number of rotatable bonds is 6. The number of likely N-dealkylation sites (tertiary alicyclic amines) is 1. The fraction of sp³-hybridized carbons (Fsp3) is 0.316. The van der Waals surface area contributed by atoms with E-state index in [9.17, 15) is 14.9 Å². The van der Waals surface area contributed by atoms with Crippen molar-refractivity contribution < 1.29 is 14.5 Å². The van der Waals surface area contributed by atoms with Crippen molar-refractivity contribution >= 4 is 23.4 Å². The molecule has 1 unspecified atom stereocenters. The molecule has 1 aliphatic rings. The van der Waals surface area contributed by atoms with Gasteiger partial charge in [0.25, 0.3) is 5.69 Å². The summed E-state index contributed by atoms with van der Waals surface area (Å²) in [6.07, 6.45) is 1.95. The van der Waals surface area contributed by atoms with Crippen LogP contribution in [0.3, 0.4) is 0 Å². The van der Waals surface area contributed by atoms with Gasteiger partial charge in [-0.05, 0) is 42.7 Å². The number of methoxy groups -OCH3 is 1. The molecule has 136 valence electrons. The fourth-order valence-corrected chi connectivity index (χ4v) is 3.91. The summed E-state index contributed by atoms with van der Waals surface area (Å²) in [7, 11) is 1.63. The highest BCUT2D eigenvalue weighted by molar-refractivity contribution is 8.00. The van der Waals surface area contributed by atoms with E-state index in [2.05, 4.69) is 0 Å². The summed E-state index contributed by atoms with van der Waals surface area (Å²) in [5.41, 5.74) is 1.18. The van der Waals surface area contributed by atoms with Gasteiger partial charge >= 0.3 is 0 Å². The largest absolute Gasteiger partial charge is 0.497 e. The van der Waals surface area contributed by atoms with Gasteiger partial charge in [0.05, 0.1) is 23.8 Å². The number of thioether (sulfide) groups is 1. The molecule has 0 aromatic heterocycles. The van der Waals surface area contributed by atoms with Gasteiger partial charge in [-0.3, -0.25) is 14.9 Å². The molecule has 1 heterocycles. The third kappa shape index (κ3) is 4.16. The summed E-state index contributed by atoms with van der Waals surface area (Å²) in [5.74, 6) is 1.22. The van der Waals surface area contributed by atoms with Gasteiger partial charge in [0.2, 0.25) is 5.91 Å². The van der Waals surface area contributed by atoms with E-state index in [0.29, 0.717) is 5.75 Å². The van der Waals surface area contributed by atoms with E-state index >= 15 is 0 Å². The summed E-state index contributed by atoms with van der Waals surface area (Å²) in [4.78, 5) is 25.7. The van der Waals surface area contributed by atoms with Crippen molar-refractivity contribution in [3.8, 4) is 5.75 Å². The molecule has 0 aliphatic carbocycles. The molecule has 7 heteroatoms. The molecule has 26 heavy (non-hydrogen) atoms. The highest BCUT2D eigenvalue weighted by Gasteiger charge is 2.29. The van der Waals surface area contributed by atoms with Crippen LogP contribution in [0.2, 0.25) is 0 Å². The smallest absolute Gasteiger partial charge is 0.269 e. The number of carbonyl (C=O) groups excluding carboxylic acids is 1. The summed E-state index contributed by atoms with van der Waals surface area (Å²) >= 11 is 1.41. The number of nitrogens with zero attached hydrogens (tertiary/aromatic N) is 2. The normalized spacial score (nSPS) is 16.5. The standard InChI is InChI=1S/C19H20N2O4S/c1-25-16-8-4-14(5-9-16)18-3-2-12-20(18)19(22)13-26-17-10-6-15(7-11-17)21(23)24/h4-11,18H,2-3,12-13H2,1H3. The number of nitro benzene ring substituents is 1. The Bertz CT molecular complexity index is 777. The zero-order valence-electron chi connectivity index (χ0n) is 14.5. The second-order valence-electron chi connectivity index (χ2n) is 6.06. The lowest BCUT2D eigenvalue weighted by molar-refractivity contribution is -0.384. The van der Waals surface area contributed by atoms with Crippen LogP contribution < -0.4 is 4.74 Å². The molecule has 1 atom stereocenters. The van der Waals surface area contributed by atoms with Crippen molar-refractivity contribution in [3.63, 3.8) is 0 Å². The van der Waals surface area contributed by atoms with Gasteiger partial charge in [0, 0.05) is 23.6 Å². The molecule has 2 aromatic carbocycles. The zero-order chi connectivity index (χ0) is 18.5. The minimum absolute atomic E-state index is 0.0554. The minimum Gasteiger partial charge on any atom is -0.497 e. The summed E-state index contributed by atoms with van der Waals surface area (Å²) in [5, 5.41) is 10.7. The molecule has 1 fully saturated rings. The van der Waals surface area contributed by atoms with Crippen molar-refractivity contribution in [1.82, 2.24) is 4.90 Å². The Kier molecular flexibility index (Phi) is 5.78. The molecule has 1 saturated heterocycles. The Balaban J connectivity index is 1.61. The zero-order valence-corrected chi connectivity index (χ0v) is 15.3. The number of carbonyl (C=O) groups is 1. The van der Waals surface area contributed by atoms with Crippen LogP contribution in [-0.4, -0.2) is 35.1 Å². The van der Waals surface area contributed by atoms with Gasteiger partial charge in [0.15, 0.2) is 0 Å². The predicted octanol–water partition coefficient (Wildman–Crippen LogP) is 4.06. The first-order valence-corrected chi connectivity index (χ1v) is 9.37. The highest BCUT2D eigenvalue weighted by atomic mass is 32.2. The van der Waals surface area contributed by atoms with Crippen LogP contribution in [-0.2, 0) is 4.79 Å². The maximum Gasteiger partial charge on any atom is 0.269 e. The number of benzene rings is 2. The van der Waals surface area contributed by atoms with Gasteiger partial charge in [0.1, 0.15) is 5.75 Å². The molecular weight excluding hydrogens is 352 g/mol. The number of ether oxygens (including phenoxy) is 1. The first kappa shape index (κ1) is 18.3. The van der Waals surface area contributed by atoms with Gasteiger partial charge in [-0.25, -0.2) is 0 Å². The molecular formula is C19H20N2O4S. The second kappa shape index (κ2) is 8.23. The quantitative estimate of drug-likeness (QED) is 0.434. The summed E-state index contributed by atoms with van der Waals surface area (Å²) in [6.45, 7) is 0.760. The molecule has 0 N–H and O–H groups in total. The van der Waals surface area contributed by atoms with E-state index in [1.807, 2.05) is 29.2 Å². The topological polar surface area (TPSA) is 72.7 Å². The Morgan fingerprint density at radius 3 is 2.54 bits per heavy atom. The van der Waals surface area contributed by atoms with E-state index in [1.54, 1.807) is 19.2 Å². The van der Waals surface area contributed by atoms with Crippen LogP contribution in [0.15, 0.2) is 53.4 Å². The number of hydrogen-bond acceptors (Lipinski definition) is 5. The third-order valence-corrected chi connectivity index (χ3v) is 5.48. The first-order chi connectivity index (χ1) is 12.6. The second-order valence-corrected chi connectivity index (χ2v) is 7.11. The van der Waals surface area contributed by atoms with E-state index in [0.717, 1.165) is 35.6 Å². The van der Waals surface area contributed by atoms with Crippen molar-refractivity contribution in [3.05, 3.63) is 64.2 Å². The Hall–Kier alpha value is -2.54. The minimum atomic E-state index is -0.427. The number of amides is 1. The highest BCUT2D eigenvalue weighted by Crippen LogP contribution is 2.33. The summed E-state index contributed by atoms with van der Waals surface area (Å²) < 4.78 is 5.19. The maximum absolute atomic E-state index is 12.7. The molecule has 0 saturated carbocycles. The molecule has 1 aliphatic heterocycles. The van der Waals surface area contributed by atoms with Crippen LogP contribution in [0, 0.1) is 10.1 Å². The summed E-state index contributed by atoms with van der Waals surface area (Å²) in [6, 6.07) is 14.3. The molecule has 0 bridgehead atoms. The molecule has 3 rings (SSSR count). The Labute approximate surface area is 156 Å². The van der Waals surface area contributed by atoms with Gasteiger partial charge < -0.3 is 9.64 Å². The van der Waals surface area contributed by atoms with Crippen LogP contribution in [0.5, 0.6) is 5.75 Å². The molecule has 0 radical (unpaired) electrons. The lowest BCUT2D eigenvalue weighted by Crippen LogP contribution is -2.31. The van der Waals surface area contributed by atoms with Gasteiger partial charge in [-0.1, -0.05) is 12.1 Å². The predicted molar refractivity (Wildman–Crippen MR) is 101 cm³/mol. The first-order valence-electron chi connectivity index (χ1n) is 8.39. The molecule has 0 spiro atoms. The SMILES string of the molecule is COc1ccc(C2CCCN2C(=O)CSc2ccc([N+](=O)[O-])cc2)cc1. The molecule has 2 aromatic rings. The molecule has 6 nitrogen and oxygen atoms in total. The van der Waals surface area contributed by atoms with E-state index in [1.165, 1.54) is 23.9 Å². The number of nitro groups is 1. The lowest BCUT2D eigenvalue weighted by Gasteiger charge is -2.25. The number of non-ortho nitro benzene ring substituents is 1. The Morgan fingerprint density at radius 2 is 1.92 bits per heavy atom. The monoisotopic (exact) mass is 372 g/mol. The van der Waals surface area contributed by atoms with Crippen molar-refractivity contribution in [2.24, 2.45) is 0 Å². The average Bonchev–Trinajstić information content (AvgIpc) is 3.16. The van der Waals surface area contributed by atoms with Crippen molar-refractivity contribution in [1.29, 1.82) is 0 Å². The average molecular weight is 372 g/mol. The lowest BCUT2D eigenvalue weighted by atomic mass is 10.0. The van der Waals surface area contributed by atoms with Crippen molar-refractivity contribution in [2.75, 3.05) is 19.4 Å². The fourth-order valence-electron chi connectivity index (χ4n) is 3.13. The maximum atomic E-state index is 12.7. The van der Waals surface area contributed by atoms with Crippen LogP contribution >= 0.6 is 11.8 Å². The number of hydrogen-bond donors (Lipinski definition) is 0. The van der Waals surface area contributed by atoms with E-state index in [4.69, 9.17) is 4.74 Å².